The second kappa shape index (κ2) is 9.21. The van der Waals surface area contributed by atoms with Crippen molar-refractivity contribution in [1.29, 1.82) is 0 Å². The van der Waals surface area contributed by atoms with E-state index in [4.69, 9.17) is 11.6 Å². The minimum Gasteiger partial charge on any atom is -0.325 e. The van der Waals surface area contributed by atoms with E-state index in [-0.39, 0.29) is 23.3 Å². The molecule has 2 atom stereocenters. The highest BCUT2D eigenvalue weighted by Gasteiger charge is 2.28. The molecule has 2 heterocycles. The van der Waals surface area contributed by atoms with Gasteiger partial charge in [-0.3, -0.25) is 13.9 Å². The lowest BCUT2D eigenvalue weighted by Gasteiger charge is -2.32. The summed E-state index contributed by atoms with van der Waals surface area (Å²) in [5.41, 5.74) is 0.305. The number of nitrogens with zero attached hydrogens (tertiary/aromatic N) is 2. The predicted molar refractivity (Wildman–Crippen MR) is 112 cm³/mol. The fourth-order valence-electron chi connectivity index (χ4n) is 3.53. The lowest BCUT2D eigenvalue weighted by molar-refractivity contribution is -0.116. The Morgan fingerprint density at radius 3 is 2.68 bits per heavy atom. The molecule has 28 heavy (non-hydrogen) atoms. The zero-order valence-corrected chi connectivity index (χ0v) is 18.3. The molecule has 156 valence electrons. The van der Waals surface area contributed by atoms with Crippen LogP contribution in [0.2, 0.25) is 5.02 Å². The standard InChI is InChI=1S/C18H26ClN3O4S2/c1-14-13-27(24)11-10-21(14)9-6-18(23)20-17-12-15(4-5-16(17)19)28(25,26)22-7-2-3-8-22/h4-5,12,14H,2-3,6-11,13H2,1H3,(H,20,23)/t14-,27+/m1/s1. The van der Waals surface area contributed by atoms with Crippen LogP contribution in [0.5, 0.6) is 0 Å². The van der Waals surface area contributed by atoms with Gasteiger partial charge in [0.25, 0.3) is 0 Å². The Morgan fingerprint density at radius 1 is 1.29 bits per heavy atom. The molecule has 0 aliphatic carbocycles. The summed E-state index contributed by atoms with van der Waals surface area (Å²) in [7, 11) is -4.34. The molecule has 2 saturated heterocycles. The number of hydrogen-bond acceptors (Lipinski definition) is 5. The van der Waals surface area contributed by atoms with Gasteiger partial charge in [-0.05, 0) is 38.0 Å². The predicted octanol–water partition coefficient (Wildman–Crippen LogP) is 1.91. The minimum absolute atomic E-state index is 0.140. The fraction of sp³-hybridized carbons (Fsp3) is 0.611. The summed E-state index contributed by atoms with van der Waals surface area (Å²) >= 11 is 6.17. The maximum Gasteiger partial charge on any atom is 0.243 e. The summed E-state index contributed by atoms with van der Waals surface area (Å²) < 4.78 is 38.5. The van der Waals surface area contributed by atoms with Crippen LogP contribution in [0.3, 0.4) is 0 Å². The third kappa shape index (κ3) is 5.13. The Morgan fingerprint density at radius 2 is 2.00 bits per heavy atom. The average molecular weight is 448 g/mol. The third-order valence-electron chi connectivity index (χ3n) is 5.20. The Labute approximate surface area is 173 Å². The van der Waals surface area contributed by atoms with Crippen LogP contribution in [0, 0.1) is 0 Å². The van der Waals surface area contributed by atoms with Crippen LogP contribution >= 0.6 is 11.6 Å². The Bertz CT molecular complexity index is 856. The molecule has 1 aromatic carbocycles. The summed E-state index contributed by atoms with van der Waals surface area (Å²) in [6.45, 7) is 4.33. The topological polar surface area (TPSA) is 86.8 Å². The second-order valence-electron chi connectivity index (χ2n) is 7.25. The van der Waals surface area contributed by atoms with Crippen molar-refractivity contribution in [2.45, 2.75) is 37.1 Å². The second-order valence-corrected chi connectivity index (χ2v) is 11.2. The number of hydrogen-bond donors (Lipinski definition) is 1. The van der Waals surface area contributed by atoms with Gasteiger partial charge in [0.05, 0.1) is 15.6 Å². The van der Waals surface area contributed by atoms with E-state index in [9.17, 15) is 17.4 Å². The molecule has 1 N–H and O–H groups in total. The number of amides is 1. The van der Waals surface area contributed by atoms with Crippen molar-refractivity contribution in [2.24, 2.45) is 0 Å². The quantitative estimate of drug-likeness (QED) is 0.719. The molecule has 7 nitrogen and oxygen atoms in total. The summed E-state index contributed by atoms with van der Waals surface area (Å²) in [4.78, 5) is 14.7. The molecule has 10 heteroatoms. The molecule has 0 bridgehead atoms. The van der Waals surface area contributed by atoms with Gasteiger partial charge in [0.2, 0.25) is 15.9 Å². The van der Waals surface area contributed by atoms with Crippen LogP contribution in [0.15, 0.2) is 23.1 Å². The molecule has 0 radical (unpaired) electrons. The molecule has 2 aliphatic heterocycles. The van der Waals surface area contributed by atoms with Gasteiger partial charge in [0.1, 0.15) is 0 Å². The fourth-order valence-corrected chi connectivity index (χ4v) is 6.59. The van der Waals surface area contributed by atoms with Crippen LogP contribution in [-0.2, 0) is 25.6 Å². The number of anilines is 1. The van der Waals surface area contributed by atoms with Crippen molar-refractivity contribution < 1.29 is 17.4 Å². The van der Waals surface area contributed by atoms with Gasteiger partial charge < -0.3 is 5.32 Å². The van der Waals surface area contributed by atoms with Crippen LogP contribution in [0.25, 0.3) is 0 Å². The number of carbonyl (C=O) groups excluding carboxylic acids is 1. The zero-order chi connectivity index (χ0) is 20.3. The molecule has 1 amide bonds. The highest BCUT2D eigenvalue weighted by Crippen LogP contribution is 2.28. The number of nitrogens with one attached hydrogen (secondary N) is 1. The molecule has 2 fully saturated rings. The van der Waals surface area contributed by atoms with Crippen molar-refractivity contribution in [3.63, 3.8) is 0 Å². The Hall–Kier alpha value is -1.00. The molecule has 0 aromatic heterocycles. The molecule has 3 rings (SSSR count). The van der Waals surface area contributed by atoms with Crippen molar-refractivity contribution in [3.8, 4) is 0 Å². The van der Waals surface area contributed by atoms with E-state index in [2.05, 4.69) is 10.2 Å². The first-order chi connectivity index (χ1) is 13.3. The van der Waals surface area contributed by atoms with Crippen LogP contribution < -0.4 is 5.32 Å². The minimum atomic E-state index is -3.57. The number of sulfonamides is 1. The third-order valence-corrected chi connectivity index (χ3v) is 8.91. The van der Waals surface area contributed by atoms with E-state index in [1.54, 1.807) is 0 Å². The van der Waals surface area contributed by atoms with E-state index in [0.717, 1.165) is 12.8 Å². The first kappa shape index (κ1) is 21.7. The van der Waals surface area contributed by atoms with Crippen molar-refractivity contribution in [3.05, 3.63) is 23.2 Å². The smallest absolute Gasteiger partial charge is 0.243 e. The first-order valence-electron chi connectivity index (χ1n) is 9.46. The van der Waals surface area contributed by atoms with Crippen LogP contribution in [0.4, 0.5) is 5.69 Å². The van der Waals surface area contributed by atoms with E-state index in [1.807, 2.05) is 6.92 Å². The molecular formula is C18H26ClN3O4S2. The zero-order valence-electron chi connectivity index (χ0n) is 15.9. The highest BCUT2D eigenvalue weighted by atomic mass is 35.5. The number of benzene rings is 1. The lowest BCUT2D eigenvalue weighted by atomic mass is 10.2. The monoisotopic (exact) mass is 447 g/mol. The van der Waals surface area contributed by atoms with Crippen LogP contribution in [0.1, 0.15) is 26.2 Å². The van der Waals surface area contributed by atoms with Gasteiger partial charge in [-0.25, -0.2) is 8.42 Å². The van der Waals surface area contributed by atoms with E-state index < -0.39 is 20.8 Å². The van der Waals surface area contributed by atoms with E-state index in [0.29, 0.717) is 48.4 Å². The van der Waals surface area contributed by atoms with Crippen LogP contribution in [-0.4, -0.2) is 71.5 Å². The summed E-state index contributed by atoms with van der Waals surface area (Å²) in [6.07, 6.45) is 1.98. The van der Waals surface area contributed by atoms with E-state index >= 15 is 0 Å². The average Bonchev–Trinajstić information content (AvgIpc) is 3.18. The van der Waals surface area contributed by atoms with Crippen molar-refractivity contribution in [1.82, 2.24) is 9.21 Å². The van der Waals surface area contributed by atoms with Gasteiger partial charge in [-0.1, -0.05) is 11.6 Å². The van der Waals surface area contributed by atoms with Gasteiger partial charge in [0.15, 0.2) is 0 Å². The SMILES string of the molecule is C[C@@H]1C[S@@](=O)CCN1CCC(=O)Nc1cc(S(=O)(=O)N2CCCC2)ccc1Cl. The number of rotatable bonds is 6. The Balaban J connectivity index is 1.63. The van der Waals surface area contributed by atoms with E-state index in [1.165, 1.54) is 22.5 Å². The normalized spacial score (nSPS) is 24.4. The first-order valence-corrected chi connectivity index (χ1v) is 12.8. The number of halogens is 1. The highest BCUT2D eigenvalue weighted by molar-refractivity contribution is 7.89. The number of carbonyl (C=O) groups is 1. The Kier molecular flexibility index (Phi) is 7.14. The molecular weight excluding hydrogens is 422 g/mol. The molecule has 1 aromatic rings. The van der Waals surface area contributed by atoms with Gasteiger partial charge in [-0.2, -0.15) is 4.31 Å². The van der Waals surface area contributed by atoms with Crippen molar-refractivity contribution in [2.75, 3.05) is 43.0 Å². The summed E-state index contributed by atoms with van der Waals surface area (Å²) in [5.74, 6) is 1.04. The molecule has 2 aliphatic rings. The molecule has 0 unspecified atom stereocenters. The molecule has 0 saturated carbocycles. The van der Waals surface area contributed by atoms with Gasteiger partial charge >= 0.3 is 0 Å². The lowest BCUT2D eigenvalue weighted by Crippen LogP contribution is -2.45. The van der Waals surface area contributed by atoms with Crippen molar-refractivity contribution >= 4 is 44.0 Å². The van der Waals surface area contributed by atoms with Gasteiger partial charge in [-0.15, -0.1) is 0 Å². The summed E-state index contributed by atoms with van der Waals surface area (Å²) in [6, 6.07) is 4.59. The largest absolute Gasteiger partial charge is 0.325 e. The maximum atomic E-state index is 12.7. The molecule has 0 spiro atoms. The maximum absolute atomic E-state index is 12.7. The van der Waals surface area contributed by atoms with Gasteiger partial charge in [0, 0.05) is 60.9 Å². The summed E-state index contributed by atoms with van der Waals surface area (Å²) in [5, 5.41) is 3.04.